The molecule has 8 nitrogen and oxygen atoms in total. The average Bonchev–Trinajstić information content (AvgIpc) is 3.12. The molecule has 1 amide bonds. The van der Waals surface area contributed by atoms with E-state index in [1.165, 1.54) is 12.1 Å². The van der Waals surface area contributed by atoms with Crippen LogP contribution in [0.2, 0.25) is 0 Å². The van der Waals surface area contributed by atoms with Crippen LogP contribution in [0.1, 0.15) is 26.5 Å². The quantitative estimate of drug-likeness (QED) is 0.507. The maximum absolute atomic E-state index is 12.6. The van der Waals surface area contributed by atoms with E-state index in [0.717, 1.165) is 17.6 Å². The molecule has 1 N–H and O–H groups in total. The van der Waals surface area contributed by atoms with Crippen LogP contribution < -0.4 is 14.4 Å². The summed E-state index contributed by atoms with van der Waals surface area (Å²) in [6, 6.07) is 14.8. The summed E-state index contributed by atoms with van der Waals surface area (Å²) in [6.07, 6.45) is 0.866. The fourth-order valence-corrected chi connectivity index (χ4v) is 4.27. The number of halogens is 2. The van der Waals surface area contributed by atoms with E-state index in [1.807, 2.05) is 10.8 Å². The summed E-state index contributed by atoms with van der Waals surface area (Å²) in [6.45, 7) is -1.16. The molecule has 0 saturated heterocycles. The van der Waals surface area contributed by atoms with Crippen molar-refractivity contribution in [2.24, 2.45) is 0 Å². The van der Waals surface area contributed by atoms with Crippen LogP contribution in [0.4, 0.5) is 19.6 Å². The number of benzene rings is 2. The van der Waals surface area contributed by atoms with Gasteiger partial charge >= 0.3 is 6.61 Å². The van der Waals surface area contributed by atoms with Crippen LogP contribution in [0.5, 0.6) is 5.75 Å². The number of hydrogen-bond donors (Lipinski definition) is 1. The SMILES string of the molecule is Cc1sc(N(Cc2cccc(OC(F)F)c2)c2ccc(C#N)cc2)nc1C(=O)NS(C)(=O)=O. The summed E-state index contributed by atoms with van der Waals surface area (Å²) >= 11 is 1.16. The maximum Gasteiger partial charge on any atom is 0.387 e. The van der Waals surface area contributed by atoms with Gasteiger partial charge in [0.1, 0.15) is 11.4 Å². The Hall–Kier alpha value is -3.56. The molecule has 1 heterocycles. The second-order valence-corrected chi connectivity index (χ2v) is 9.81. The van der Waals surface area contributed by atoms with Crippen molar-refractivity contribution in [1.82, 2.24) is 9.71 Å². The van der Waals surface area contributed by atoms with E-state index >= 15 is 0 Å². The Bertz CT molecular complexity index is 1300. The molecule has 0 aliphatic carbocycles. The van der Waals surface area contributed by atoms with E-state index in [2.05, 4.69) is 9.72 Å². The van der Waals surface area contributed by atoms with E-state index < -0.39 is 22.5 Å². The fraction of sp³-hybridized carbons (Fsp3) is 0.190. The van der Waals surface area contributed by atoms with Crippen molar-refractivity contribution in [1.29, 1.82) is 5.26 Å². The second-order valence-electron chi connectivity index (χ2n) is 6.88. The zero-order valence-electron chi connectivity index (χ0n) is 17.5. The number of aromatic nitrogens is 1. The van der Waals surface area contributed by atoms with E-state index in [1.54, 1.807) is 48.2 Å². The first kappa shape index (κ1) is 24.1. The summed E-state index contributed by atoms with van der Waals surface area (Å²) in [5.41, 5.74) is 1.63. The van der Waals surface area contributed by atoms with Crippen molar-refractivity contribution in [2.75, 3.05) is 11.2 Å². The molecule has 1 aromatic heterocycles. The molecule has 3 rings (SSSR count). The van der Waals surface area contributed by atoms with Gasteiger partial charge in [0.05, 0.1) is 24.4 Å². The van der Waals surface area contributed by atoms with Crippen molar-refractivity contribution in [2.45, 2.75) is 20.1 Å². The number of anilines is 2. The fourth-order valence-electron chi connectivity index (χ4n) is 2.91. The first-order valence-corrected chi connectivity index (χ1v) is 12.1. The zero-order chi connectivity index (χ0) is 24.2. The van der Waals surface area contributed by atoms with Crippen LogP contribution in [0.25, 0.3) is 0 Å². The summed E-state index contributed by atoms with van der Waals surface area (Å²) in [4.78, 5) is 18.9. The summed E-state index contributed by atoms with van der Waals surface area (Å²) in [5.74, 6) is -0.865. The van der Waals surface area contributed by atoms with Gasteiger partial charge in [-0.25, -0.2) is 18.1 Å². The third-order valence-electron chi connectivity index (χ3n) is 4.28. The Balaban J connectivity index is 2.00. The molecule has 33 heavy (non-hydrogen) atoms. The number of alkyl halides is 2. The number of carbonyl (C=O) groups excluding carboxylic acids is 1. The molecule has 0 spiro atoms. The molecule has 0 bridgehead atoms. The van der Waals surface area contributed by atoms with Crippen LogP contribution >= 0.6 is 11.3 Å². The predicted octanol–water partition coefficient (Wildman–Crippen LogP) is 3.95. The number of aryl methyl sites for hydroxylation is 1. The summed E-state index contributed by atoms with van der Waals surface area (Å²) in [5, 5.41) is 9.44. The number of nitrogens with zero attached hydrogens (tertiary/aromatic N) is 3. The van der Waals surface area contributed by atoms with Gasteiger partial charge in [-0.2, -0.15) is 14.0 Å². The molecule has 2 aromatic carbocycles. The number of thiazole rings is 1. The number of sulfonamides is 1. The third kappa shape index (κ3) is 6.47. The van der Waals surface area contributed by atoms with Gasteiger partial charge in [-0.3, -0.25) is 4.79 Å². The first-order valence-electron chi connectivity index (χ1n) is 9.36. The molecule has 0 radical (unpaired) electrons. The highest BCUT2D eigenvalue weighted by Crippen LogP contribution is 2.33. The lowest BCUT2D eigenvalue weighted by Crippen LogP contribution is -2.30. The minimum absolute atomic E-state index is 0.00850. The molecular formula is C21H18F2N4O4S2. The van der Waals surface area contributed by atoms with Gasteiger partial charge in [0.2, 0.25) is 10.0 Å². The molecule has 172 valence electrons. The van der Waals surface area contributed by atoms with Crippen LogP contribution in [0, 0.1) is 18.3 Å². The van der Waals surface area contributed by atoms with E-state index in [4.69, 9.17) is 5.26 Å². The van der Waals surface area contributed by atoms with Crippen LogP contribution in [-0.4, -0.2) is 32.2 Å². The first-order chi connectivity index (χ1) is 15.6. The van der Waals surface area contributed by atoms with Crippen molar-refractivity contribution in [3.05, 3.63) is 70.2 Å². The normalized spacial score (nSPS) is 11.2. The maximum atomic E-state index is 12.6. The molecule has 0 unspecified atom stereocenters. The molecule has 0 aliphatic rings. The highest BCUT2D eigenvalue weighted by atomic mass is 32.2. The minimum atomic E-state index is -3.78. The van der Waals surface area contributed by atoms with Crippen molar-refractivity contribution >= 4 is 38.1 Å². The van der Waals surface area contributed by atoms with Crippen molar-refractivity contribution in [3.8, 4) is 11.8 Å². The van der Waals surface area contributed by atoms with E-state index in [0.29, 0.717) is 26.8 Å². The van der Waals surface area contributed by atoms with Gasteiger partial charge < -0.3 is 9.64 Å². The Morgan fingerprint density at radius 1 is 1.27 bits per heavy atom. The Labute approximate surface area is 193 Å². The molecule has 0 saturated carbocycles. The van der Waals surface area contributed by atoms with E-state index in [-0.39, 0.29) is 18.0 Å². The molecule has 0 aliphatic heterocycles. The average molecular weight is 493 g/mol. The topological polar surface area (TPSA) is 112 Å². The van der Waals surface area contributed by atoms with Gasteiger partial charge in [0.15, 0.2) is 5.13 Å². The molecule has 0 fully saturated rings. The Morgan fingerprint density at radius 3 is 2.58 bits per heavy atom. The zero-order valence-corrected chi connectivity index (χ0v) is 19.1. The molecule has 12 heteroatoms. The van der Waals surface area contributed by atoms with Crippen molar-refractivity contribution in [3.63, 3.8) is 0 Å². The third-order valence-corrected chi connectivity index (χ3v) is 5.83. The van der Waals surface area contributed by atoms with Gasteiger partial charge in [-0.1, -0.05) is 12.1 Å². The largest absolute Gasteiger partial charge is 0.435 e. The highest BCUT2D eigenvalue weighted by molar-refractivity contribution is 7.89. The van der Waals surface area contributed by atoms with Crippen LogP contribution in [0.3, 0.4) is 0 Å². The highest BCUT2D eigenvalue weighted by Gasteiger charge is 2.22. The number of ether oxygens (including phenoxy) is 1. The van der Waals surface area contributed by atoms with Gasteiger partial charge in [-0.05, 0) is 48.9 Å². The number of hydrogen-bond acceptors (Lipinski definition) is 8. The number of amides is 1. The van der Waals surface area contributed by atoms with Crippen LogP contribution in [-0.2, 0) is 16.6 Å². The molecule has 3 aromatic rings. The Kier molecular flexibility index (Phi) is 7.25. The smallest absolute Gasteiger partial charge is 0.387 e. The lowest BCUT2D eigenvalue weighted by Gasteiger charge is -2.22. The lowest BCUT2D eigenvalue weighted by molar-refractivity contribution is -0.0498. The summed E-state index contributed by atoms with van der Waals surface area (Å²) < 4.78 is 54.5. The standard InChI is InChI=1S/C21H18F2N4O4S2/c1-13-18(19(28)26-33(2,29)30)25-21(32-13)27(16-8-6-14(11-24)7-9-16)12-15-4-3-5-17(10-15)31-20(22)23/h3-10,20H,12H2,1-2H3,(H,26,28). The van der Waals surface area contributed by atoms with E-state index in [9.17, 15) is 22.0 Å². The molecular weight excluding hydrogens is 474 g/mol. The van der Waals surface area contributed by atoms with Gasteiger partial charge in [0.25, 0.3) is 5.91 Å². The second kappa shape index (κ2) is 9.93. The minimum Gasteiger partial charge on any atom is -0.435 e. The summed E-state index contributed by atoms with van der Waals surface area (Å²) in [7, 11) is -3.78. The number of rotatable bonds is 8. The number of nitrogens with one attached hydrogen (secondary N) is 1. The Morgan fingerprint density at radius 2 is 1.97 bits per heavy atom. The monoisotopic (exact) mass is 492 g/mol. The lowest BCUT2D eigenvalue weighted by atomic mass is 10.1. The van der Waals surface area contributed by atoms with Crippen molar-refractivity contribution < 1.29 is 26.7 Å². The predicted molar refractivity (Wildman–Crippen MR) is 119 cm³/mol. The van der Waals surface area contributed by atoms with Crippen LogP contribution in [0.15, 0.2) is 48.5 Å². The number of carbonyl (C=O) groups is 1. The van der Waals surface area contributed by atoms with Gasteiger partial charge in [0, 0.05) is 10.6 Å². The molecule has 0 atom stereocenters. The van der Waals surface area contributed by atoms with Gasteiger partial charge in [-0.15, -0.1) is 11.3 Å². The number of nitriles is 1.